The maximum absolute atomic E-state index is 13.0. The van der Waals surface area contributed by atoms with Crippen LogP contribution in [0.25, 0.3) is 0 Å². The summed E-state index contributed by atoms with van der Waals surface area (Å²) in [7, 11) is 0. The van der Waals surface area contributed by atoms with E-state index in [2.05, 4.69) is 0 Å². The number of nitrogens with zero attached hydrogens (tertiary/aromatic N) is 3. The summed E-state index contributed by atoms with van der Waals surface area (Å²) in [6.45, 7) is -2.16. The van der Waals surface area contributed by atoms with Gasteiger partial charge in [0.15, 0.2) is 0 Å². The molecule has 10 heteroatoms. The number of alkyl halides is 3. The smallest absolute Gasteiger partial charge is 0.272 e. The van der Waals surface area contributed by atoms with Crippen LogP contribution in [0.1, 0.15) is 10.4 Å². The standard InChI is InChI=1S/C18H16F3N3O3S/c19-18(20,21)11-22(9-13-5-2-1-3-6-13)12-24-16(26)15(25)23(17(24)27)10-14-7-4-8-28-14/h1-8H,9-12H2. The monoisotopic (exact) mass is 411 g/mol. The van der Waals surface area contributed by atoms with Crippen molar-refractivity contribution in [1.82, 2.24) is 14.7 Å². The zero-order valence-electron chi connectivity index (χ0n) is 14.6. The van der Waals surface area contributed by atoms with E-state index in [0.717, 1.165) is 9.80 Å². The molecule has 0 spiro atoms. The summed E-state index contributed by atoms with van der Waals surface area (Å²) >= 11 is 1.30. The van der Waals surface area contributed by atoms with E-state index in [1.165, 1.54) is 11.3 Å². The number of urea groups is 1. The van der Waals surface area contributed by atoms with Crippen LogP contribution in [-0.2, 0) is 22.7 Å². The molecule has 4 amide bonds. The largest absolute Gasteiger partial charge is 0.401 e. The molecule has 0 radical (unpaired) electrons. The Labute approximate surface area is 162 Å². The van der Waals surface area contributed by atoms with Gasteiger partial charge in [-0.15, -0.1) is 11.3 Å². The number of carbonyl (C=O) groups excluding carboxylic acids is 3. The summed E-state index contributed by atoms with van der Waals surface area (Å²) < 4.78 is 38.9. The lowest BCUT2D eigenvalue weighted by Gasteiger charge is -2.27. The molecule has 1 saturated heterocycles. The lowest BCUT2D eigenvalue weighted by Crippen LogP contribution is -2.45. The second-order valence-corrected chi connectivity index (χ2v) is 7.25. The molecule has 1 aliphatic rings. The van der Waals surface area contributed by atoms with E-state index in [1.807, 2.05) is 0 Å². The Balaban J connectivity index is 1.76. The minimum Gasteiger partial charge on any atom is -0.272 e. The Morgan fingerprint density at radius 2 is 1.61 bits per heavy atom. The highest BCUT2D eigenvalue weighted by molar-refractivity contribution is 7.09. The number of rotatable bonds is 7. The average molecular weight is 411 g/mol. The molecule has 0 saturated carbocycles. The van der Waals surface area contributed by atoms with Crippen LogP contribution in [0.2, 0.25) is 0 Å². The number of benzene rings is 1. The van der Waals surface area contributed by atoms with Gasteiger partial charge >= 0.3 is 24.0 Å². The maximum Gasteiger partial charge on any atom is 0.401 e. The van der Waals surface area contributed by atoms with Crippen LogP contribution in [0.3, 0.4) is 0 Å². The molecule has 2 heterocycles. The van der Waals surface area contributed by atoms with Crippen LogP contribution in [0.4, 0.5) is 18.0 Å². The van der Waals surface area contributed by atoms with Gasteiger partial charge in [0, 0.05) is 11.4 Å². The predicted octanol–water partition coefficient (Wildman–Crippen LogP) is 3.06. The molecule has 2 aromatic rings. The number of hydrogen-bond acceptors (Lipinski definition) is 5. The molecule has 0 N–H and O–H groups in total. The highest BCUT2D eigenvalue weighted by Gasteiger charge is 2.45. The topological polar surface area (TPSA) is 60.9 Å². The molecule has 1 aromatic carbocycles. The summed E-state index contributed by atoms with van der Waals surface area (Å²) in [5.41, 5.74) is 0.590. The van der Waals surface area contributed by atoms with Gasteiger partial charge in [0.2, 0.25) is 0 Å². The summed E-state index contributed by atoms with van der Waals surface area (Å²) in [5.74, 6) is -2.16. The minimum absolute atomic E-state index is 0.0878. The first-order valence-corrected chi connectivity index (χ1v) is 9.15. The minimum atomic E-state index is -4.53. The molecule has 3 rings (SSSR count). The SMILES string of the molecule is O=C1C(=O)N(CN(Cc2ccccc2)CC(F)(F)F)C(=O)N1Cc1cccs1. The van der Waals surface area contributed by atoms with Crippen molar-refractivity contribution in [3.8, 4) is 0 Å². The van der Waals surface area contributed by atoms with Crippen molar-refractivity contribution in [3.05, 3.63) is 58.3 Å². The fraction of sp³-hybridized carbons (Fsp3) is 0.278. The van der Waals surface area contributed by atoms with Crippen molar-refractivity contribution in [2.45, 2.75) is 19.3 Å². The Kier molecular flexibility index (Phi) is 5.80. The van der Waals surface area contributed by atoms with Crippen molar-refractivity contribution in [2.24, 2.45) is 0 Å². The molecule has 0 aliphatic carbocycles. The zero-order chi connectivity index (χ0) is 20.3. The van der Waals surface area contributed by atoms with Gasteiger partial charge in [0.25, 0.3) is 0 Å². The number of thiophene rings is 1. The van der Waals surface area contributed by atoms with Crippen LogP contribution in [0.5, 0.6) is 0 Å². The first kappa shape index (κ1) is 20.0. The molecule has 0 bridgehead atoms. The zero-order valence-corrected chi connectivity index (χ0v) is 15.4. The van der Waals surface area contributed by atoms with Gasteiger partial charge in [0.05, 0.1) is 19.8 Å². The predicted molar refractivity (Wildman–Crippen MR) is 94.9 cm³/mol. The average Bonchev–Trinajstić information content (AvgIpc) is 3.21. The summed E-state index contributed by atoms with van der Waals surface area (Å²) in [6.07, 6.45) is -4.53. The summed E-state index contributed by atoms with van der Waals surface area (Å²) in [6, 6.07) is 10.9. The normalized spacial score (nSPS) is 15.2. The van der Waals surface area contributed by atoms with Crippen molar-refractivity contribution < 1.29 is 27.6 Å². The second kappa shape index (κ2) is 8.11. The van der Waals surface area contributed by atoms with Crippen LogP contribution < -0.4 is 0 Å². The lowest BCUT2D eigenvalue weighted by atomic mass is 10.2. The maximum atomic E-state index is 13.0. The Morgan fingerprint density at radius 3 is 2.21 bits per heavy atom. The van der Waals surface area contributed by atoms with E-state index in [9.17, 15) is 27.6 Å². The molecule has 0 unspecified atom stereocenters. The van der Waals surface area contributed by atoms with E-state index in [-0.39, 0.29) is 13.1 Å². The van der Waals surface area contributed by atoms with Crippen LogP contribution in [-0.4, -0.2) is 51.9 Å². The molecular weight excluding hydrogens is 395 g/mol. The first-order chi connectivity index (χ1) is 13.2. The molecule has 0 atom stereocenters. The number of amides is 4. The van der Waals surface area contributed by atoms with E-state index in [0.29, 0.717) is 15.3 Å². The third kappa shape index (κ3) is 4.76. The third-order valence-electron chi connectivity index (χ3n) is 4.02. The quantitative estimate of drug-likeness (QED) is 0.519. The Hall–Kier alpha value is -2.72. The van der Waals surface area contributed by atoms with E-state index >= 15 is 0 Å². The van der Waals surface area contributed by atoms with Crippen LogP contribution >= 0.6 is 11.3 Å². The highest BCUT2D eigenvalue weighted by Crippen LogP contribution is 2.22. The highest BCUT2D eigenvalue weighted by atomic mass is 32.1. The fourth-order valence-electron chi connectivity index (χ4n) is 2.82. The number of halogens is 3. The Bertz CT molecular complexity index is 856. The van der Waals surface area contributed by atoms with E-state index in [1.54, 1.807) is 47.8 Å². The molecule has 6 nitrogen and oxygen atoms in total. The van der Waals surface area contributed by atoms with Crippen LogP contribution in [0, 0.1) is 0 Å². The van der Waals surface area contributed by atoms with Gasteiger partial charge in [-0.2, -0.15) is 13.2 Å². The van der Waals surface area contributed by atoms with Gasteiger partial charge in [-0.05, 0) is 17.0 Å². The molecule has 28 heavy (non-hydrogen) atoms. The third-order valence-corrected chi connectivity index (χ3v) is 4.88. The van der Waals surface area contributed by atoms with Gasteiger partial charge in [-0.1, -0.05) is 36.4 Å². The van der Waals surface area contributed by atoms with Crippen molar-refractivity contribution >= 4 is 29.2 Å². The van der Waals surface area contributed by atoms with Crippen molar-refractivity contribution in [3.63, 3.8) is 0 Å². The number of hydrogen-bond donors (Lipinski definition) is 0. The van der Waals surface area contributed by atoms with Gasteiger partial charge < -0.3 is 0 Å². The molecule has 1 fully saturated rings. The molecular formula is C18H16F3N3O3S. The number of carbonyl (C=O) groups is 3. The second-order valence-electron chi connectivity index (χ2n) is 6.22. The van der Waals surface area contributed by atoms with Gasteiger partial charge in [-0.25, -0.2) is 9.69 Å². The first-order valence-electron chi connectivity index (χ1n) is 8.27. The molecule has 148 valence electrons. The fourth-order valence-corrected chi connectivity index (χ4v) is 3.52. The molecule has 1 aliphatic heterocycles. The van der Waals surface area contributed by atoms with E-state index < -0.39 is 37.2 Å². The van der Waals surface area contributed by atoms with E-state index in [4.69, 9.17) is 0 Å². The van der Waals surface area contributed by atoms with Gasteiger partial charge in [-0.3, -0.25) is 19.4 Å². The van der Waals surface area contributed by atoms with Crippen molar-refractivity contribution in [1.29, 1.82) is 0 Å². The lowest BCUT2D eigenvalue weighted by molar-refractivity contribution is -0.154. The van der Waals surface area contributed by atoms with Crippen molar-refractivity contribution in [2.75, 3.05) is 13.2 Å². The van der Waals surface area contributed by atoms with Gasteiger partial charge in [0.1, 0.15) is 0 Å². The number of imide groups is 2. The van der Waals surface area contributed by atoms with Crippen LogP contribution in [0.15, 0.2) is 47.8 Å². The molecule has 1 aromatic heterocycles. The summed E-state index contributed by atoms with van der Waals surface area (Å²) in [5, 5.41) is 1.75. The Morgan fingerprint density at radius 1 is 0.929 bits per heavy atom. The summed E-state index contributed by atoms with van der Waals surface area (Å²) in [4.78, 5) is 39.8.